The van der Waals surface area contributed by atoms with Crippen molar-refractivity contribution >= 4 is 17.9 Å². The molecule has 5 nitrogen and oxygen atoms in total. The molecule has 98 valence electrons. The molecule has 6 heteroatoms. The number of hydrogen-bond donors (Lipinski definition) is 0. The predicted molar refractivity (Wildman–Crippen MR) is 75.0 cm³/mol. The third-order valence-corrected chi connectivity index (χ3v) is 3.02. The van der Waals surface area contributed by atoms with Crippen LogP contribution in [0.2, 0.25) is 5.02 Å². The molecule has 1 aromatic carbocycles. The van der Waals surface area contributed by atoms with Crippen molar-refractivity contribution in [3.8, 4) is 17.1 Å². The number of carbonyl (C=O) groups excluding carboxylic acids is 1. The molecule has 2 heterocycles. The molecule has 3 rings (SSSR count). The number of aldehydes is 1. The second kappa shape index (κ2) is 5.22. The summed E-state index contributed by atoms with van der Waals surface area (Å²) in [4.78, 5) is 19.3. The van der Waals surface area contributed by atoms with E-state index in [4.69, 9.17) is 11.6 Å². The molecule has 0 N–H and O–H groups in total. The highest BCUT2D eigenvalue weighted by Crippen LogP contribution is 2.20. The van der Waals surface area contributed by atoms with Gasteiger partial charge in [-0.15, -0.1) is 0 Å². The fourth-order valence-corrected chi connectivity index (χ4v) is 1.95. The normalized spacial score (nSPS) is 10.4. The van der Waals surface area contributed by atoms with Gasteiger partial charge in [0.15, 0.2) is 6.29 Å². The lowest BCUT2D eigenvalue weighted by molar-refractivity contribution is 0.112. The zero-order chi connectivity index (χ0) is 13.9. The summed E-state index contributed by atoms with van der Waals surface area (Å²) in [6, 6.07) is 7.18. The van der Waals surface area contributed by atoms with Gasteiger partial charge in [-0.3, -0.25) is 14.8 Å². The van der Waals surface area contributed by atoms with Gasteiger partial charge in [0.05, 0.1) is 17.4 Å². The van der Waals surface area contributed by atoms with E-state index >= 15 is 0 Å². The van der Waals surface area contributed by atoms with Crippen LogP contribution >= 0.6 is 11.6 Å². The van der Waals surface area contributed by atoms with E-state index < -0.39 is 0 Å². The molecule has 0 amide bonds. The minimum absolute atomic E-state index is 0.459. The van der Waals surface area contributed by atoms with Gasteiger partial charge in [-0.05, 0) is 24.3 Å². The van der Waals surface area contributed by atoms with Gasteiger partial charge in [0, 0.05) is 23.6 Å². The molecule has 0 unspecified atom stereocenters. The predicted octanol–water partition coefficient (Wildman–Crippen LogP) is 2.80. The molecule has 0 radical (unpaired) electrons. The molecule has 0 fully saturated rings. The van der Waals surface area contributed by atoms with E-state index in [-0.39, 0.29) is 0 Å². The average molecular weight is 285 g/mol. The van der Waals surface area contributed by atoms with E-state index in [0.717, 1.165) is 12.0 Å². The molecule has 20 heavy (non-hydrogen) atoms. The Morgan fingerprint density at radius 1 is 1.15 bits per heavy atom. The summed E-state index contributed by atoms with van der Waals surface area (Å²) < 4.78 is 1.62. The van der Waals surface area contributed by atoms with Gasteiger partial charge >= 0.3 is 0 Å². The van der Waals surface area contributed by atoms with Gasteiger partial charge < -0.3 is 0 Å². The van der Waals surface area contributed by atoms with Gasteiger partial charge in [0.2, 0.25) is 0 Å². The van der Waals surface area contributed by atoms with E-state index in [1.165, 1.54) is 0 Å². The lowest BCUT2D eigenvalue weighted by Crippen LogP contribution is -1.95. The number of rotatable bonds is 3. The van der Waals surface area contributed by atoms with Crippen LogP contribution in [0.25, 0.3) is 17.1 Å². The first-order valence-corrected chi connectivity index (χ1v) is 6.23. The van der Waals surface area contributed by atoms with Crippen molar-refractivity contribution in [3.05, 3.63) is 59.6 Å². The zero-order valence-corrected chi connectivity index (χ0v) is 11.0. The quantitative estimate of drug-likeness (QED) is 0.694. The Balaban J connectivity index is 2.09. The number of nitrogens with zero attached hydrogens (tertiary/aromatic N) is 4. The first-order valence-electron chi connectivity index (χ1n) is 5.85. The summed E-state index contributed by atoms with van der Waals surface area (Å²) in [5.74, 6) is 0. The number of halogens is 1. The van der Waals surface area contributed by atoms with Gasteiger partial charge in [-0.2, -0.15) is 5.10 Å². The number of carbonyl (C=O) groups is 1. The molecular formula is C14H9ClN4O. The van der Waals surface area contributed by atoms with Crippen LogP contribution in [0.1, 0.15) is 10.4 Å². The van der Waals surface area contributed by atoms with Crippen LogP contribution in [0.3, 0.4) is 0 Å². The Bertz CT molecular complexity index is 738. The summed E-state index contributed by atoms with van der Waals surface area (Å²) in [6.07, 6.45) is 7.11. The minimum Gasteiger partial charge on any atom is -0.298 e. The lowest BCUT2D eigenvalue weighted by atomic mass is 10.2. The molecular weight excluding hydrogens is 276 g/mol. The van der Waals surface area contributed by atoms with Crippen molar-refractivity contribution < 1.29 is 4.79 Å². The second-order valence-electron chi connectivity index (χ2n) is 4.06. The van der Waals surface area contributed by atoms with Gasteiger partial charge in [-0.1, -0.05) is 11.6 Å². The Morgan fingerprint density at radius 2 is 1.95 bits per heavy atom. The van der Waals surface area contributed by atoms with Crippen molar-refractivity contribution in [2.24, 2.45) is 0 Å². The van der Waals surface area contributed by atoms with Crippen molar-refractivity contribution in [2.45, 2.75) is 0 Å². The van der Waals surface area contributed by atoms with Crippen molar-refractivity contribution in [2.75, 3.05) is 0 Å². The highest BCUT2D eigenvalue weighted by molar-refractivity contribution is 6.30. The first kappa shape index (κ1) is 12.5. The van der Waals surface area contributed by atoms with E-state index in [1.807, 2.05) is 12.1 Å². The highest BCUT2D eigenvalue weighted by atomic mass is 35.5. The maximum absolute atomic E-state index is 11.2. The van der Waals surface area contributed by atoms with Crippen LogP contribution in [0.4, 0.5) is 0 Å². The molecule has 0 atom stereocenters. The fourth-order valence-electron chi connectivity index (χ4n) is 1.82. The number of hydrogen-bond acceptors (Lipinski definition) is 4. The van der Waals surface area contributed by atoms with Crippen LogP contribution in [-0.4, -0.2) is 26.0 Å². The van der Waals surface area contributed by atoms with Gasteiger partial charge in [0.25, 0.3) is 0 Å². The third-order valence-electron chi connectivity index (χ3n) is 2.77. The van der Waals surface area contributed by atoms with Crippen molar-refractivity contribution in [1.29, 1.82) is 0 Å². The van der Waals surface area contributed by atoms with E-state index in [1.54, 1.807) is 41.6 Å². The molecule has 0 saturated carbocycles. The molecule has 0 aliphatic rings. The smallest absolute Gasteiger partial charge is 0.153 e. The van der Waals surface area contributed by atoms with Crippen molar-refractivity contribution in [1.82, 2.24) is 19.7 Å². The summed E-state index contributed by atoms with van der Waals surface area (Å²) >= 11 is 5.85. The number of aromatic nitrogens is 4. The molecule has 3 aromatic rings. The molecule has 0 saturated heterocycles. The molecule has 0 aliphatic carbocycles. The van der Waals surface area contributed by atoms with Gasteiger partial charge in [0.1, 0.15) is 11.4 Å². The molecule has 2 aromatic heterocycles. The summed E-state index contributed by atoms with van der Waals surface area (Å²) in [5.41, 5.74) is 2.33. The summed E-state index contributed by atoms with van der Waals surface area (Å²) in [7, 11) is 0. The van der Waals surface area contributed by atoms with E-state index in [9.17, 15) is 4.79 Å². The maximum atomic E-state index is 11.2. The van der Waals surface area contributed by atoms with E-state index in [2.05, 4.69) is 15.1 Å². The SMILES string of the molecule is O=Cc1cn(-c2ccc(Cl)cc2)nc1-c1cnccn1. The Labute approximate surface area is 119 Å². The second-order valence-corrected chi connectivity index (χ2v) is 4.50. The standard InChI is InChI=1S/C14H9ClN4O/c15-11-1-3-12(4-2-11)19-8-10(9-20)14(18-19)13-7-16-5-6-17-13/h1-9H. The third kappa shape index (κ3) is 2.31. The minimum atomic E-state index is 0.459. The van der Waals surface area contributed by atoms with Crippen molar-refractivity contribution in [3.63, 3.8) is 0 Å². The van der Waals surface area contributed by atoms with Crippen LogP contribution in [-0.2, 0) is 0 Å². The van der Waals surface area contributed by atoms with Crippen LogP contribution in [0, 0.1) is 0 Å². The lowest BCUT2D eigenvalue weighted by Gasteiger charge is -2.00. The summed E-state index contributed by atoms with van der Waals surface area (Å²) in [6.45, 7) is 0. The Kier molecular flexibility index (Phi) is 3.26. The maximum Gasteiger partial charge on any atom is 0.153 e. The monoisotopic (exact) mass is 284 g/mol. The first-order chi connectivity index (χ1) is 9.78. The highest BCUT2D eigenvalue weighted by Gasteiger charge is 2.12. The topological polar surface area (TPSA) is 60.7 Å². The average Bonchev–Trinajstić information content (AvgIpc) is 2.93. The Hall–Kier alpha value is -2.53. The van der Waals surface area contributed by atoms with Crippen LogP contribution < -0.4 is 0 Å². The molecule has 0 spiro atoms. The summed E-state index contributed by atoms with van der Waals surface area (Å²) in [5, 5.41) is 5.04. The van der Waals surface area contributed by atoms with Crippen LogP contribution in [0.5, 0.6) is 0 Å². The molecule has 0 aliphatic heterocycles. The van der Waals surface area contributed by atoms with Gasteiger partial charge in [-0.25, -0.2) is 4.68 Å². The number of benzene rings is 1. The zero-order valence-electron chi connectivity index (χ0n) is 10.3. The van der Waals surface area contributed by atoms with E-state index in [0.29, 0.717) is 22.0 Å². The van der Waals surface area contributed by atoms with Crippen LogP contribution in [0.15, 0.2) is 49.1 Å². The largest absolute Gasteiger partial charge is 0.298 e. The Morgan fingerprint density at radius 3 is 2.60 bits per heavy atom. The fraction of sp³-hybridized carbons (Fsp3) is 0. The molecule has 0 bridgehead atoms.